The lowest BCUT2D eigenvalue weighted by atomic mass is 9.92. The molecular formula is C23H21F6N3O4S2. The Labute approximate surface area is 217 Å². The van der Waals surface area contributed by atoms with Gasteiger partial charge in [0, 0.05) is 49.2 Å². The van der Waals surface area contributed by atoms with Crippen LogP contribution in [0.25, 0.3) is 0 Å². The molecule has 38 heavy (non-hydrogen) atoms. The van der Waals surface area contributed by atoms with Gasteiger partial charge in [0.15, 0.2) is 0 Å². The van der Waals surface area contributed by atoms with Crippen molar-refractivity contribution < 1.29 is 39.9 Å². The molecule has 15 heteroatoms. The smallest absolute Gasteiger partial charge is 0.369 e. The molecular weight excluding hydrogens is 560 g/mol. The van der Waals surface area contributed by atoms with Gasteiger partial charge in [0.05, 0.1) is 0 Å². The quantitative estimate of drug-likeness (QED) is 0.432. The number of piperazine rings is 1. The lowest BCUT2D eigenvalue weighted by Gasteiger charge is -2.42. The van der Waals surface area contributed by atoms with Gasteiger partial charge in [0.1, 0.15) is 4.21 Å². The minimum Gasteiger partial charge on any atom is -0.369 e. The highest BCUT2D eigenvalue weighted by Gasteiger charge is 2.71. The molecule has 0 saturated carbocycles. The molecule has 0 bridgehead atoms. The third-order valence-electron chi connectivity index (χ3n) is 6.28. The zero-order chi connectivity index (χ0) is 27.9. The number of alkyl halides is 6. The minimum absolute atomic E-state index is 0.00287. The van der Waals surface area contributed by atoms with Gasteiger partial charge in [0.2, 0.25) is 5.56 Å². The Balaban J connectivity index is 1.68. The van der Waals surface area contributed by atoms with Gasteiger partial charge in [-0.05, 0) is 41.6 Å². The van der Waals surface area contributed by atoms with E-state index in [-0.39, 0.29) is 36.0 Å². The van der Waals surface area contributed by atoms with E-state index >= 15 is 0 Å². The fourth-order valence-corrected chi connectivity index (χ4v) is 6.98. The van der Waals surface area contributed by atoms with Gasteiger partial charge < -0.3 is 15.0 Å². The van der Waals surface area contributed by atoms with Crippen LogP contribution in [0.15, 0.2) is 69.1 Å². The summed E-state index contributed by atoms with van der Waals surface area (Å²) in [7, 11) is -3.84. The maximum absolute atomic E-state index is 13.3. The zero-order valence-corrected chi connectivity index (χ0v) is 21.0. The first-order valence-electron chi connectivity index (χ1n) is 11.1. The second-order valence-electron chi connectivity index (χ2n) is 8.66. The fourth-order valence-electron chi connectivity index (χ4n) is 4.37. The molecule has 0 unspecified atom stereocenters. The van der Waals surface area contributed by atoms with E-state index in [1.807, 2.05) is 0 Å². The molecule has 3 heterocycles. The molecule has 1 fully saturated rings. The van der Waals surface area contributed by atoms with E-state index in [2.05, 4.69) is 4.98 Å². The number of nitrogens with one attached hydrogen (secondary N) is 1. The van der Waals surface area contributed by atoms with Gasteiger partial charge in [-0.1, -0.05) is 18.2 Å². The Hall–Kier alpha value is -2.88. The number of thiophene rings is 1. The number of hydrogen-bond donors (Lipinski definition) is 2. The predicted molar refractivity (Wildman–Crippen MR) is 127 cm³/mol. The average molecular weight is 582 g/mol. The molecule has 1 aromatic carbocycles. The number of nitrogens with zero attached hydrogens (tertiary/aromatic N) is 2. The van der Waals surface area contributed by atoms with Crippen molar-refractivity contribution in [3.63, 3.8) is 0 Å². The summed E-state index contributed by atoms with van der Waals surface area (Å²) in [6.45, 7) is 0.0212. The van der Waals surface area contributed by atoms with E-state index in [9.17, 15) is 44.7 Å². The molecule has 2 aromatic heterocycles. The van der Waals surface area contributed by atoms with Crippen LogP contribution in [0.4, 0.5) is 32.0 Å². The van der Waals surface area contributed by atoms with Crippen LogP contribution < -0.4 is 10.5 Å². The van der Waals surface area contributed by atoms with Crippen LogP contribution in [0.5, 0.6) is 0 Å². The van der Waals surface area contributed by atoms with Crippen LogP contribution in [0, 0.1) is 0 Å². The number of aromatic amines is 1. The standard InChI is InChI=1S/C23H21F6N3O4S2/c24-22(25,26)21(34,23(27,28)29)16-3-5-17(6-4-16)32-10-9-31(38(35,36)20-2-1-11-37-20)14-18(32)12-15-7-8-30-19(33)13-15/h1-8,11,13,18,34H,9-10,12,14H2,(H,30,33)/t18-/m1/s1. The summed E-state index contributed by atoms with van der Waals surface area (Å²) in [5.41, 5.74) is -6.07. The van der Waals surface area contributed by atoms with Crippen LogP contribution in [-0.2, 0) is 22.0 Å². The summed E-state index contributed by atoms with van der Waals surface area (Å²) < 4.78 is 107. The third-order valence-corrected chi connectivity index (χ3v) is 9.52. The van der Waals surface area contributed by atoms with Crippen LogP contribution >= 0.6 is 11.3 Å². The zero-order valence-electron chi connectivity index (χ0n) is 19.3. The fraction of sp³-hybridized carbons (Fsp3) is 0.348. The maximum atomic E-state index is 13.3. The molecule has 1 saturated heterocycles. The molecule has 206 valence electrons. The Bertz CT molecular complexity index is 1410. The molecule has 4 rings (SSSR count). The van der Waals surface area contributed by atoms with E-state index < -0.39 is 45.1 Å². The first-order chi connectivity index (χ1) is 17.6. The monoisotopic (exact) mass is 581 g/mol. The van der Waals surface area contributed by atoms with Crippen molar-refractivity contribution in [1.82, 2.24) is 9.29 Å². The van der Waals surface area contributed by atoms with Crippen molar-refractivity contribution in [1.29, 1.82) is 0 Å². The lowest BCUT2D eigenvalue weighted by molar-refractivity contribution is -0.376. The van der Waals surface area contributed by atoms with Crippen molar-refractivity contribution in [2.45, 2.75) is 34.6 Å². The highest BCUT2D eigenvalue weighted by molar-refractivity contribution is 7.91. The second-order valence-corrected chi connectivity index (χ2v) is 11.8. The van der Waals surface area contributed by atoms with Crippen LogP contribution in [0.2, 0.25) is 0 Å². The number of hydrogen-bond acceptors (Lipinski definition) is 6. The van der Waals surface area contributed by atoms with E-state index in [1.54, 1.807) is 22.4 Å². The van der Waals surface area contributed by atoms with E-state index in [0.717, 1.165) is 23.5 Å². The van der Waals surface area contributed by atoms with Gasteiger partial charge in [-0.2, -0.15) is 30.6 Å². The lowest BCUT2D eigenvalue weighted by Crippen LogP contribution is -2.55. The van der Waals surface area contributed by atoms with Crippen molar-refractivity contribution in [3.8, 4) is 0 Å². The summed E-state index contributed by atoms with van der Waals surface area (Å²) >= 11 is 1.04. The molecule has 0 spiro atoms. The molecule has 1 atom stereocenters. The van der Waals surface area contributed by atoms with Crippen molar-refractivity contribution in [2.75, 3.05) is 24.5 Å². The highest BCUT2D eigenvalue weighted by atomic mass is 32.2. The minimum atomic E-state index is -6.02. The number of H-pyrrole nitrogens is 1. The van der Waals surface area contributed by atoms with Gasteiger partial charge >= 0.3 is 12.4 Å². The van der Waals surface area contributed by atoms with E-state index in [4.69, 9.17) is 0 Å². The van der Waals surface area contributed by atoms with Gasteiger partial charge in [-0.15, -0.1) is 11.3 Å². The van der Waals surface area contributed by atoms with Gasteiger partial charge in [0.25, 0.3) is 15.6 Å². The predicted octanol–water partition coefficient (Wildman–Crippen LogP) is 3.87. The Morgan fingerprint density at radius 1 is 1.00 bits per heavy atom. The van der Waals surface area contributed by atoms with Crippen molar-refractivity contribution in [3.05, 3.63) is 81.6 Å². The summed E-state index contributed by atoms with van der Waals surface area (Å²) in [5.74, 6) is 0. The number of rotatable bonds is 6. The largest absolute Gasteiger partial charge is 0.430 e. The highest BCUT2D eigenvalue weighted by Crippen LogP contribution is 2.50. The van der Waals surface area contributed by atoms with Crippen LogP contribution in [0.1, 0.15) is 11.1 Å². The van der Waals surface area contributed by atoms with Crippen LogP contribution in [0.3, 0.4) is 0 Å². The van der Waals surface area contributed by atoms with E-state index in [1.165, 1.54) is 22.6 Å². The number of anilines is 1. The topological polar surface area (TPSA) is 93.7 Å². The Morgan fingerprint density at radius 3 is 2.21 bits per heavy atom. The molecule has 3 aromatic rings. The molecule has 0 aliphatic carbocycles. The van der Waals surface area contributed by atoms with E-state index in [0.29, 0.717) is 17.7 Å². The number of aliphatic hydroxyl groups is 1. The molecule has 0 radical (unpaired) electrons. The molecule has 1 aliphatic heterocycles. The third kappa shape index (κ3) is 5.19. The summed E-state index contributed by atoms with van der Waals surface area (Å²) in [6.07, 6.45) is -10.5. The average Bonchev–Trinajstić information content (AvgIpc) is 3.38. The first kappa shape index (κ1) is 28.1. The maximum Gasteiger partial charge on any atom is 0.430 e. The SMILES string of the molecule is O=c1cc(C[C@@H]2CN(S(=O)(=O)c3cccs3)CCN2c2ccc(C(O)(C(F)(F)F)C(F)(F)F)cc2)cc[nH]1. The summed E-state index contributed by atoms with van der Waals surface area (Å²) in [6, 6.07) is 8.51. The molecule has 7 nitrogen and oxygen atoms in total. The number of benzene rings is 1. The Kier molecular flexibility index (Phi) is 7.42. The molecule has 1 aliphatic rings. The van der Waals surface area contributed by atoms with Crippen LogP contribution in [-0.4, -0.2) is 60.8 Å². The van der Waals surface area contributed by atoms with Gasteiger partial charge in [-0.3, -0.25) is 4.79 Å². The number of aromatic nitrogens is 1. The van der Waals surface area contributed by atoms with Gasteiger partial charge in [-0.25, -0.2) is 8.42 Å². The number of sulfonamides is 1. The normalized spacial score (nSPS) is 18.1. The Morgan fingerprint density at radius 2 is 1.66 bits per heavy atom. The summed E-state index contributed by atoms with van der Waals surface area (Å²) in [5, 5.41) is 11.3. The second kappa shape index (κ2) is 10.0. The molecule has 2 N–H and O–H groups in total. The van der Waals surface area contributed by atoms with Crippen molar-refractivity contribution >= 4 is 27.0 Å². The molecule has 0 amide bonds. The number of halogens is 6. The first-order valence-corrected chi connectivity index (χ1v) is 13.4. The van der Waals surface area contributed by atoms with Crippen molar-refractivity contribution in [2.24, 2.45) is 0 Å². The summed E-state index contributed by atoms with van der Waals surface area (Å²) in [4.78, 5) is 15.9. The number of pyridine rings is 1.